The van der Waals surface area contributed by atoms with E-state index in [1.165, 1.54) is 53.2 Å². The van der Waals surface area contributed by atoms with Gasteiger partial charge >= 0.3 is 0 Å². The van der Waals surface area contributed by atoms with E-state index < -0.39 is 0 Å². The van der Waals surface area contributed by atoms with Crippen molar-refractivity contribution < 1.29 is 4.42 Å². The van der Waals surface area contributed by atoms with Gasteiger partial charge in [-0.25, -0.2) is 15.0 Å². The van der Waals surface area contributed by atoms with E-state index in [9.17, 15) is 0 Å². The van der Waals surface area contributed by atoms with Gasteiger partial charge in [0, 0.05) is 58.4 Å². The molecule has 0 fully saturated rings. The molecule has 266 valence electrons. The fourth-order valence-electron chi connectivity index (χ4n) is 8.48. The zero-order valence-corrected chi connectivity index (χ0v) is 31.2. The second kappa shape index (κ2) is 12.6. The van der Waals surface area contributed by atoms with Crippen molar-refractivity contribution in [2.75, 3.05) is 0 Å². The maximum absolute atomic E-state index is 6.60. The number of thiophene rings is 1. The molecule has 6 heteroatoms. The predicted octanol–water partition coefficient (Wildman–Crippen LogP) is 13.9. The Bertz CT molecular complexity index is 3420. The Hall–Kier alpha value is -7.41. The second-order valence-electron chi connectivity index (χ2n) is 14.4. The van der Waals surface area contributed by atoms with Crippen molar-refractivity contribution in [3.63, 3.8) is 0 Å². The Labute approximate surface area is 330 Å². The highest BCUT2D eigenvalue weighted by Crippen LogP contribution is 2.45. The average Bonchev–Trinajstić information content (AvgIpc) is 3.96. The SMILES string of the molecule is c1ccc(-c2nc(-c3ccccc3)nc(-c3ccc4oc5cc(-c6cccc7sc8cccc(-n9c%10ccccc%10c%10ccccc%109)c8c67)ccc5c4c3)n2)cc1. The molecule has 0 radical (unpaired) electrons. The van der Waals surface area contributed by atoms with Crippen LogP contribution in [0.3, 0.4) is 0 Å². The van der Waals surface area contributed by atoms with E-state index in [0.29, 0.717) is 17.5 Å². The van der Waals surface area contributed by atoms with Gasteiger partial charge in [-0.2, -0.15) is 0 Å². The normalized spacial score (nSPS) is 11.9. The minimum atomic E-state index is 0.616. The molecule has 0 aliphatic carbocycles. The van der Waals surface area contributed by atoms with Crippen LogP contribution in [0.2, 0.25) is 0 Å². The third kappa shape index (κ3) is 5.04. The Balaban J connectivity index is 1.02. The highest BCUT2D eigenvalue weighted by molar-refractivity contribution is 7.26. The quantitative estimate of drug-likeness (QED) is 0.176. The number of hydrogen-bond acceptors (Lipinski definition) is 5. The Morgan fingerprint density at radius 2 is 0.965 bits per heavy atom. The topological polar surface area (TPSA) is 56.7 Å². The van der Waals surface area contributed by atoms with Gasteiger partial charge < -0.3 is 8.98 Å². The lowest BCUT2D eigenvalue weighted by Gasteiger charge is -2.12. The fraction of sp³-hybridized carbons (Fsp3) is 0. The van der Waals surface area contributed by atoms with E-state index in [1.807, 2.05) is 84.1 Å². The minimum Gasteiger partial charge on any atom is -0.456 e. The van der Waals surface area contributed by atoms with E-state index in [0.717, 1.165) is 44.2 Å². The summed E-state index contributed by atoms with van der Waals surface area (Å²) in [6.45, 7) is 0. The van der Waals surface area contributed by atoms with Crippen LogP contribution < -0.4 is 0 Å². The number of nitrogens with zero attached hydrogens (tertiary/aromatic N) is 4. The summed E-state index contributed by atoms with van der Waals surface area (Å²) >= 11 is 1.85. The molecule has 0 aliphatic rings. The molecule has 0 bridgehead atoms. The lowest BCUT2D eigenvalue weighted by Crippen LogP contribution is -2.00. The van der Waals surface area contributed by atoms with Gasteiger partial charge in [-0.15, -0.1) is 11.3 Å². The van der Waals surface area contributed by atoms with Crippen LogP contribution in [0.4, 0.5) is 0 Å². The van der Waals surface area contributed by atoms with Gasteiger partial charge in [-0.05, 0) is 71.8 Å². The third-order valence-corrected chi connectivity index (χ3v) is 12.2. The smallest absolute Gasteiger partial charge is 0.164 e. The Morgan fingerprint density at radius 1 is 0.386 bits per heavy atom. The number of aromatic nitrogens is 4. The lowest BCUT2D eigenvalue weighted by molar-refractivity contribution is 0.669. The van der Waals surface area contributed by atoms with Crippen LogP contribution in [0, 0.1) is 0 Å². The van der Waals surface area contributed by atoms with Crippen molar-refractivity contribution in [3.05, 3.63) is 182 Å². The van der Waals surface area contributed by atoms with Crippen molar-refractivity contribution in [2.24, 2.45) is 0 Å². The minimum absolute atomic E-state index is 0.616. The first kappa shape index (κ1) is 31.9. The van der Waals surface area contributed by atoms with Crippen LogP contribution in [0.5, 0.6) is 0 Å². The van der Waals surface area contributed by atoms with Crippen LogP contribution in [-0.4, -0.2) is 19.5 Å². The van der Waals surface area contributed by atoms with Gasteiger partial charge in [-0.1, -0.05) is 121 Å². The first-order valence-electron chi connectivity index (χ1n) is 19.0. The summed E-state index contributed by atoms with van der Waals surface area (Å²) < 4.78 is 11.6. The zero-order chi connectivity index (χ0) is 37.5. The molecule has 0 aliphatic heterocycles. The lowest BCUT2D eigenvalue weighted by atomic mass is 9.97. The monoisotopic (exact) mass is 746 g/mol. The van der Waals surface area contributed by atoms with Gasteiger partial charge in [0.25, 0.3) is 0 Å². The molecule has 0 spiro atoms. The predicted molar refractivity (Wildman–Crippen MR) is 236 cm³/mol. The summed E-state index contributed by atoms with van der Waals surface area (Å²) in [7, 11) is 0. The number of rotatable bonds is 5. The van der Waals surface area contributed by atoms with Gasteiger partial charge in [0.05, 0.1) is 16.7 Å². The first-order valence-corrected chi connectivity index (χ1v) is 19.8. The molecule has 4 heterocycles. The molecule has 0 amide bonds. The number of furan rings is 1. The summed E-state index contributed by atoms with van der Waals surface area (Å²) in [5.74, 6) is 1.89. The summed E-state index contributed by atoms with van der Waals surface area (Å²) in [5, 5.41) is 7.09. The molecule has 12 aromatic rings. The largest absolute Gasteiger partial charge is 0.456 e. The zero-order valence-electron chi connectivity index (χ0n) is 30.4. The van der Waals surface area contributed by atoms with Crippen LogP contribution in [0.15, 0.2) is 186 Å². The van der Waals surface area contributed by atoms with Crippen LogP contribution in [0.1, 0.15) is 0 Å². The molecule has 0 atom stereocenters. The standard InChI is InChI=1S/C51H30N4OS/c1-3-13-31(14-4-1)49-52-50(32-15-5-2-6-16-32)54-51(53-49)34-26-28-43-39(29-34)38-27-25-33(30-44(38)56-43)35-19-11-23-45-47(35)48-42(22-12-24-46(48)57-45)55-40-20-9-7-17-36(40)37-18-8-10-21-41(37)55/h1-30H. The summed E-state index contributed by atoms with van der Waals surface area (Å²) in [4.78, 5) is 14.8. The molecule has 0 saturated heterocycles. The molecular weight excluding hydrogens is 717 g/mol. The summed E-state index contributed by atoms with van der Waals surface area (Å²) in [6, 6.07) is 63.8. The highest BCUT2D eigenvalue weighted by atomic mass is 32.1. The van der Waals surface area contributed by atoms with Crippen LogP contribution >= 0.6 is 11.3 Å². The summed E-state index contributed by atoms with van der Waals surface area (Å²) in [6.07, 6.45) is 0. The molecule has 8 aromatic carbocycles. The van der Waals surface area contributed by atoms with E-state index >= 15 is 0 Å². The molecule has 5 nitrogen and oxygen atoms in total. The average molecular weight is 747 g/mol. The van der Waals surface area contributed by atoms with Crippen molar-refractivity contribution in [3.8, 4) is 51.0 Å². The number of benzene rings is 8. The molecular formula is C51H30N4OS. The van der Waals surface area contributed by atoms with Gasteiger partial charge in [0.1, 0.15) is 11.2 Å². The Kier molecular flexibility index (Phi) is 7.03. The highest BCUT2D eigenvalue weighted by Gasteiger charge is 2.20. The van der Waals surface area contributed by atoms with Crippen LogP contribution in [-0.2, 0) is 0 Å². The van der Waals surface area contributed by atoms with Gasteiger partial charge in [-0.3, -0.25) is 0 Å². The molecule has 12 rings (SSSR count). The summed E-state index contributed by atoms with van der Waals surface area (Å²) in [5.41, 5.74) is 10.3. The third-order valence-electron chi connectivity index (χ3n) is 11.1. The maximum atomic E-state index is 6.60. The molecule has 57 heavy (non-hydrogen) atoms. The second-order valence-corrected chi connectivity index (χ2v) is 15.4. The van der Waals surface area contributed by atoms with E-state index in [-0.39, 0.29) is 0 Å². The van der Waals surface area contributed by atoms with E-state index in [2.05, 4.69) is 114 Å². The van der Waals surface area contributed by atoms with E-state index in [4.69, 9.17) is 19.4 Å². The van der Waals surface area contributed by atoms with Crippen molar-refractivity contribution in [1.82, 2.24) is 19.5 Å². The van der Waals surface area contributed by atoms with E-state index in [1.54, 1.807) is 0 Å². The van der Waals surface area contributed by atoms with Crippen molar-refractivity contribution >= 4 is 75.3 Å². The molecule has 0 unspecified atom stereocenters. The molecule has 0 N–H and O–H groups in total. The van der Waals surface area contributed by atoms with Gasteiger partial charge in [0.2, 0.25) is 0 Å². The van der Waals surface area contributed by atoms with Gasteiger partial charge in [0.15, 0.2) is 17.5 Å². The fourth-order valence-corrected chi connectivity index (χ4v) is 9.63. The molecule has 0 saturated carbocycles. The number of para-hydroxylation sites is 2. The first-order chi connectivity index (χ1) is 28.2. The number of fused-ring (bicyclic) bond motifs is 9. The van der Waals surface area contributed by atoms with Crippen molar-refractivity contribution in [1.29, 1.82) is 0 Å². The Morgan fingerprint density at radius 3 is 1.65 bits per heavy atom. The molecule has 4 aromatic heterocycles. The van der Waals surface area contributed by atoms with Crippen LogP contribution in [0.25, 0.3) is 115 Å². The van der Waals surface area contributed by atoms with Crippen molar-refractivity contribution in [2.45, 2.75) is 0 Å². The maximum Gasteiger partial charge on any atom is 0.164 e. The number of hydrogen-bond donors (Lipinski definition) is 0.